The lowest BCUT2D eigenvalue weighted by Gasteiger charge is -2.25. The first-order chi connectivity index (χ1) is 9.36. The summed E-state index contributed by atoms with van der Waals surface area (Å²) in [5.74, 6) is 1.46. The summed E-state index contributed by atoms with van der Waals surface area (Å²) in [5.41, 5.74) is 3.49. The molecular weight excluding hydrogens is 260 g/mol. The predicted molar refractivity (Wildman–Crippen MR) is 75.2 cm³/mol. The second-order valence-corrected chi connectivity index (χ2v) is 5.19. The van der Waals surface area contributed by atoms with E-state index in [9.17, 15) is 0 Å². The Labute approximate surface area is 118 Å². The summed E-state index contributed by atoms with van der Waals surface area (Å²) in [6.45, 7) is 3.01. The van der Waals surface area contributed by atoms with Gasteiger partial charge in [0.15, 0.2) is 0 Å². The van der Waals surface area contributed by atoms with E-state index >= 15 is 0 Å². The van der Waals surface area contributed by atoms with Crippen molar-refractivity contribution >= 4 is 11.6 Å². The molecule has 2 aromatic rings. The van der Waals surface area contributed by atoms with E-state index in [-0.39, 0.29) is 0 Å². The molecule has 4 heteroatoms. The summed E-state index contributed by atoms with van der Waals surface area (Å²) in [5, 5.41) is 4.04. The van der Waals surface area contributed by atoms with Crippen LogP contribution in [0.4, 0.5) is 0 Å². The van der Waals surface area contributed by atoms with Crippen LogP contribution in [0.1, 0.15) is 22.6 Å². The second kappa shape index (κ2) is 5.76. The molecule has 0 amide bonds. The third kappa shape index (κ3) is 2.82. The molecule has 1 aromatic heterocycles. The SMILES string of the molecule is ClCc1noc2c1CN(CCc1ccccc1)CC2. The number of hydrogen-bond acceptors (Lipinski definition) is 3. The minimum atomic E-state index is 0.436. The molecule has 1 aliphatic rings. The summed E-state index contributed by atoms with van der Waals surface area (Å²) in [6.07, 6.45) is 2.02. The molecule has 100 valence electrons. The normalized spacial score (nSPS) is 15.4. The predicted octanol–water partition coefficient (Wildman–Crippen LogP) is 3.01. The lowest BCUT2D eigenvalue weighted by Crippen LogP contribution is -2.32. The maximum atomic E-state index is 5.88. The van der Waals surface area contributed by atoms with Crippen LogP contribution in [0, 0.1) is 0 Å². The number of fused-ring (bicyclic) bond motifs is 1. The Morgan fingerprint density at radius 3 is 2.89 bits per heavy atom. The van der Waals surface area contributed by atoms with Gasteiger partial charge in [-0.1, -0.05) is 35.5 Å². The molecule has 3 nitrogen and oxygen atoms in total. The average molecular weight is 277 g/mol. The van der Waals surface area contributed by atoms with Crippen molar-refractivity contribution in [1.29, 1.82) is 0 Å². The number of halogens is 1. The first kappa shape index (κ1) is 12.7. The van der Waals surface area contributed by atoms with E-state index in [0.717, 1.165) is 43.9 Å². The molecule has 0 aliphatic carbocycles. The van der Waals surface area contributed by atoms with Crippen LogP contribution in [0.2, 0.25) is 0 Å². The highest BCUT2D eigenvalue weighted by molar-refractivity contribution is 6.17. The molecule has 0 unspecified atom stereocenters. The third-order valence-corrected chi connectivity index (χ3v) is 3.93. The van der Waals surface area contributed by atoms with E-state index < -0.39 is 0 Å². The Bertz CT molecular complexity index is 525. The van der Waals surface area contributed by atoms with Gasteiger partial charge in [0.1, 0.15) is 11.5 Å². The third-order valence-electron chi connectivity index (χ3n) is 3.67. The first-order valence-corrected chi connectivity index (χ1v) is 7.19. The number of hydrogen-bond donors (Lipinski definition) is 0. The number of rotatable bonds is 4. The Balaban J connectivity index is 1.62. The van der Waals surface area contributed by atoms with Gasteiger partial charge in [-0.05, 0) is 12.0 Å². The van der Waals surface area contributed by atoms with Crippen LogP contribution in [-0.4, -0.2) is 23.1 Å². The highest BCUT2D eigenvalue weighted by Gasteiger charge is 2.23. The van der Waals surface area contributed by atoms with E-state index in [1.165, 1.54) is 11.1 Å². The molecule has 3 rings (SSSR count). The maximum absolute atomic E-state index is 5.88. The molecule has 0 spiro atoms. The molecular formula is C15H17ClN2O. The van der Waals surface area contributed by atoms with Gasteiger partial charge in [-0.3, -0.25) is 4.90 Å². The Morgan fingerprint density at radius 2 is 2.11 bits per heavy atom. The smallest absolute Gasteiger partial charge is 0.142 e. The van der Waals surface area contributed by atoms with E-state index in [1.807, 2.05) is 0 Å². The number of nitrogens with zero attached hydrogens (tertiary/aromatic N) is 2. The zero-order valence-corrected chi connectivity index (χ0v) is 11.6. The quantitative estimate of drug-likeness (QED) is 0.804. The van der Waals surface area contributed by atoms with Gasteiger partial charge in [-0.15, -0.1) is 11.6 Å². The van der Waals surface area contributed by atoms with Crippen molar-refractivity contribution in [3.05, 3.63) is 52.9 Å². The van der Waals surface area contributed by atoms with Crippen LogP contribution in [0.25, 0.3) is 0 Å². The molecule has 2 heterocycles. The molecule has 1 aromatic carbocycles. The van der Waals surface area contributed by atoms with Crippen molar-refractivity contribution in [3.8, 4) is 0 Å². The van der Waals surface area contributed by atoms with Gasteiger partial charge in [0.05, 0.1) is 5.88 Å². The molecule has 0 radical (unpaired) electrons. The van der Waals surface area contributed by atoms with E-state index in [4.69, 9.17) is 16.1 Å². The van der Waals surface area contributed by atoms with Crippen LogP contribution in [0.5, 0.6) is 0 Å². The van der Waals surface area contributed by atoms with Crippen molar-refractivity contribution in [2.45, 2.75) is 25.3 Å². The summed E-state index contributed by atoms with van der Waals surface area (Å²) in [7, 11) is 0. The fourth-order valence-corrected chi connectivity index (χ4v) is 2.76. The molecule has 0 saturated heterocycles. The van der Waals surface area contributed by atoms with Crippen LogP contribution in [0.15, 0.2) is 34.9 Å². The fourth-order valence-electron chi connectivity index (χ4n) is 2.55. The summed E-state index contributed by atoms with van der Waals surface area (Å²) >= 11 is 5.88. The van der Waals surface area contributed by atoms with Gasteiger partial charge in [-0.2, -0.15) is 0 Å². The van der Waals surface area contributed by atoms with Gasteiger partial charge in [0.2, 0.25) is 0 Å². The largest absolute Gasteiger partial charge is 0.361 e. The highest BCUT2D eigenvalue weighted by atomic mass is 35.5. The van der Waals surface area contributed by atoms with Crippen LogP contribution in [-0.2, 0) is 25.3 Å². The van der Waals surface area contributed by atoms with Crippen molar-refractivity contribution in [1.82, 2.24) is 10.1 Å². The van der Waals surface area contributed by atoms with Crippen molar-refractivity contribution < 1.29 is 4.52 Å². The topological polar surface area (TPSA) is 29.3 Å². The maximum Gasteiger partial charge on any atom is 0.142 e. The van der Waals surface area contributed by atoms with Crippen LogP contribution in [0.3, 0.4) is 0 Å². The zero-order chi connectivity index (χ0) is 13.1. The Hall–Kier alpha value is -1.32. The molecule has 0 N–H and O–H groups in total. The molecule has 0 bridgehead atoms. The Morgan fingerprint density at radius 1 is 1.26 bits per heavy atom. The molecule has 0 saturated carbocycles. The van der Waals surface area contributed by atoms with Crippen LogP contribution >= 0.6 is 11.6 Å². The molecule has 1 aliphatic heterocycles. The van der Waals surface area contributed by atoms with E-state index in [0.29, 0.717) is 5.88 Å². The number of alkyl halides is 1. The lowest BCUT2D eigenvalue weighted by atomic mass is 10.1. The minimum Gasteiger partial charge on any atom is -0.361 e. The van der Waals surface area contributed by atoms with Gasteiger partial charge in [-0.25, -0.2) is 0 Å². The first-order valence-electron chi connectivity index (χ1n) is 6.65. The molecule has 19 heavy (non-hydrogen) atoms. The van der Waals surface area contributed by atoms with Crippen LogP contribution < -0.4 is 0 Å². The minimum absolute atomic E-state index is 0.436. The average Bonchev–Trinajstić information content (AvgIpc) is 2.88. The second-order valence-electron chi connectivity index (χ2n) is 4.93. The fraction of sp³-hybridized carbons (Fsp3) is 0.400. The van der Waals surface area contributed by atoms with Crippen molar-refractivity contribution in [3.63, 3.8) is 0 Å². The monoisotopic (exact) mass is 276 g/mol. The van der Waals surface area contributed by atoms with E-state index in [1.54, 1.807) is 0 Å². The highest BCUT2D eigenvalue weighted by Crippen LogP contribution is 2.23. The summed E-state index contributed by atoms with van der Waals surface area (Å²) in [4.78, 5) is 2.45. The van der Waals surface area contributed by atoms with Gasteiger partial charge in [0.25, 0.3) is 0 Å². The van der Waals surface area contributed by atoms with Gasteiger partial charge >= 0.3 is 0 Å². The lowest BCUT2D eigenvalue weighted by molar-refractivity contribution is 0.239. The molecule has 0 atom stereocenters. The van der Waals surface area contributed by atoms with Crippen molar-refractivity contribution in [2.75, 3.05) is 13.1 Å². The van der Waals surface area contributed by atoms with Crippen molar-refractivity contribution in [2.24, 2.45) is 0 Å². The Kier molecular flexibility index (Phi) is 3.85. The number of benzene rings is 1. The number of aromatic nitrogens is 1. The van der Waals surface area contributed by atoms with E-state index in [2.05, 4.69) is 40.4 Å². The zero-order valence-electron chi connectivity index (χ0n) is 10.8. The summed E-state index contributed by atoms with van der Waals surface area (Å²) in [6, 6.07) is 10.6. The molecule has 0 fully saturated rings. The van der Waals surface area contributed by atoms with Gasteiger partial charge < -0.3 is 4.52 Å². The van der Waals surface area contributed by atoms with Gasteiger partial charge in [0, 0.05) is 31.6 Å². The standard InChI is InChI=1S/C15H17ClN2O/c16-10-14-13-11-18(9-7-15(13)19-17-14)8-6-12-4-2-1-3-5-12/h1-5H,6-11H2. The summed E-state index contributed by atoms with van der Waals surface area (Å²) < 4.78 is 5.33.